The number of carbonyl (C=O) groups is 1. The predicted molar refractivity (Wildman–Crippen MR) is 179 cm³/mol. The molecule has 2 heterocycles. The van der Waals surface area contributed by atoms with Crippen LogP contribution in [0.15, 0.2) is 98.9 Å². The Hall–Kier alpha value is -4.18. The molecular formula is C35H43N5O4S. The van der Waals surface area contributed by atoms with Crippen molar-refractivity contribution in [2.75, 3.05) is 6.61 Å². The number of hydrogen-bond acceptors (Lipinski definition) is 8. The third-order valence-electron chi connectivity index (χ3n) is 8.05. The molecule has 2 aromatic rings. The molecule has 1 unspecified atom stereocenters. The van der Waals surface area contributed by atoms with Crippen LogP contribution in [0, 0.1) is 11.8 Å². The van der Waals surface area contributed by atoms with Gasteiger partial charge in [-0.15, -0.1) is 0 Å². The van der Waals surface area contributed by atoms with Crippen molar-refractivity contribution in [3.8, 4) is 11.1 Å². The van der Waals surface area contributed by atoms with Gasteiger partial charge in [0.25, 0.3) is 10.0 Å². The monoisotopic (exact) mass is 629 g/mol. The molecule has 5 rings (SSSR count). The van der Waals surface area contributed by atoms with Crippen LogP contribution >= 0.6 is 0 Å². The molecule has 2 aliphatic heterocycles. The molecule has 45 heavy (non-hydrogen) atoms. The number of allylic oxidation sites excluding steroid dienone is 3. The van der Waals surface area contributed by atoms with E-state index >= 15 is 0 Å². The van der Waals surface area contributed by atoms with E-state index in [0.717, 1.165) is 66.0 Å². The fraction of sp³-hybridized carbons (Fsp3) is 0.400. The third-order valence-corrected chi connectivity index (χ3v) is 9.45. The standard InChI is InChI=1S/C35H43N5O4S/c1-6-8-12-31-30(24(5)40(33(38-31)23(3)4)35-36-21-28(22-37-35)44-7-2)20-25-14-16-26(17-15-25)29-11-9-10-13-32(29)45(42,43)39-34(41)27-18-19-27/h9-11,13-17,21-23,27,35-36H,5-8,12,18-20H2,1-4H3,(H,39,41). The summed E-state index contributed by atoms with van der Waals surface area (Å²) in [6.45, 7) is 13.5. The minimum Gasteiger partial charge on any atom is -0.491 e. The zero-order chi connectivity index (χ0) is 32.1. The molecule has 9 nitrogen and oxygen atoms in total. The summed E-state index contributed by atoms with van der Waals surface area (Å²) < 4.78 is 34.2. The van der Waals surface area contributed by atoms with E-state index in [2.05, 4.69) is 42.3 Å². The number of carbonyl (C=O) groups excluding carboxylic acids is 1. The van der Waals surface area contributed by atoms with Crippen molar-refractivity contribution in [3.05, 3.63) is 89.6 Å². The number of hydrogen-bond donors (Lipinski definition) is 2. The van der Waals surface area contributed by atoms with Crippen molar-refractivity contribution in [2.24, 2.45) is 21.8 Å². The van der Waals surface area contributed by atoms with E-state index in [9.17, 15) is 13.2 Å². The zero-order valence-electron chi connectivity index (χ0n) is 26.5. The fourth-order valence-corrected chi connectivity index (χ4v) is 6.75. The summed E-state index contributed by atoms with van der Waals surface area (Å²) in [6.07, 6.45) is 8.15. The Morgan fingerprint density at radius 3 is 2.49 bits per heavy atom. The largest absolute Gasteiger partial charge is 0.491 e. The van der Waals surface area contributed by atoms with Crippen LogP contribution in [0.4, 0.5) is 0 Å². The normalized spacial score (nSPS) is 18.5. The lowest BCUT2D eigenvalue weighted by atomic mass is 9.94. The minimum absolute atomic E-state index is 0.0882. The van der Waals surface area contributed by atoms with Gasteiger partial charge in [0.15, 0.2) is 5.76 Å². The smallest absolute Gasteiger partial charge is 0.264 e. The number of unbranched alkanes of at least 4 members (excludes halogenated alkanes) is 1. The Bertz CT molecular complexity index is 1670. The molecule has 238 valence electrons. The van der Waals surface area contributed by atoms with Crippen LogP contribution in [-0.2, 0) is 26.0 Å². The lowest BCUT2D eigenvalue weighted by Crippen LogP contribution is -2.49. The number of amidine groups is 1. The van der Waals surface area contributed by atoms with E-state index in [1.54, 1.807) is 24.4 Å². The molecule has 0 aromatic heterocycles. The third kappa shape index (κ3) is 7.39. The summed E-state index contributed by atoms with van der Waals surface area (Å²) in [7, 11) is -4.00. The van der Waals surface area contributed by atoms with Gasteiger partial charge in [0.1, 0.15) is 5.84 Å². The highest BCUT2D eigenvalue weighted by Crippen LogP contribution is 2.35. The molecule has 1 amide bonds. The number of benzene rings is 2. The Labute approximate surface area is 266 Å². The van der Waals surface area contributed by atoms with Gasteiger partial charge in [0, 0.05) is 47.0 Å². The summed E-state index contributed by atoms with van der Waals surface area (Å²) >= 11 is 0. The van der Waals surface area contributed by atoms with Crippen LogP contribution in [0.3, 0.4) is 0 Å². The van der Waals surface area contributed by atoms with Gasteiger partial charge in [-0.3, -0.25) is 9.69 Å². The Morgan fingerprint density at radius 1 is 1.13 bits per heavy atom. The molecule has 1 saturated carbocycles. The number of rotatable bonds is 13. The molecule has 0 bridgehead atoms. The molecule has 0 spiro atoms. The van der Waals surface area contributed by atoms with Gasteiger partial charge >= 0.3 is 0 Å². The summed E-state index contributed by atoms with van der Waals surface area (Å²) in [5, 5.41) is 3.35. The minimum atomic E-state index is -4.00. The maximum absolute atomic E-state index is 13.2. The fourth-order valence-electron chi connectivity index (χ4n) is 5.47. The van der Waals surface area contributed by atoms with Gasteiger partial charge in [-0.25, -0.2) is 23.1 Å². The van der Waals surface area contributed by atoms with E-state index < -0.39 is 22.2 Å². The molecule has 2 N–H and O–H groups in total. The van der Waals surface area contributed by atoms with Crippen LogP contribution in [0.25, 0.3) is 11.1 Å². The summed E-state index contributed by atoms with van der Waals surface area (Å²) in [6, 6.07) is 14.7. The molecule has 0 saturated heterocycles. The van der Waals surface area contributed by atoms with Crippen molar-refractivity contribution >= 4 is 28.0 Å². The second-order valence-electron chi connectivity index (χ2n) is 11.9. The predicted octanol–water partition coefficient (Wildman–Crippen LogP) is 6.27. The average Bonchev–Trinajstić information content (AvgIpc) is 3.88. The van der Waals surface area contributed by atoms with Gasteiger partial charge in [-0.05, 0) is 49.8 Å². The van der Waals surface area contributed by atoms with Crippen LogP contribution in [0.2, 0.25) is 0 Å². The van der Waals surface area contributed by atoms with Crippen LogP contribution in [0.5, 0.6) is 0 Å². The second-order valence-corrected chi connectivity index (χ2v) is 13.5. The molecule has 1 aliphatic carbocycles. The number of nitrogens with zero attached hydrogens (tertiary/aromatic N) is 3. The highest BCUT2D eigenvalue weighted by Gasteiger charge is 2.34. The first-order valence-corrected chi connectivity index (χ1v) is 17.3. The highest BCUT2D eigenvalue weighted by atomic mass is 32.2. The van der Waals surface area contributed by atoms with Gasteiger partial charge in [-0.1, -0.05) is 76.2 Å². The zero-order valence-corrected chi connectivity index (χ0v) is 27.4. The van der Waals surface area contributed by atoms with Crippen molar-refractivity contribution in [1.29, 1.82) is 0 Å². The second kappa shape index (κ2) is 13.9. The van der Waals surface area contributed by atoms with Gasteiger partial charge in [0.2, 0.25) is 12.2 Å². The maximum Gasteiger partial charge on any atom is 0.264 e. The summed E-state index contributed by atoms with van der Waals surface area (Å²) in [5.41, 5.74) is 5.30. The molecule has 2 aromatic carbocycles. The number of ether oxygens (including phenoxy) is 1. The topological polar surface area (TPSA) is 112 Å². The van der Waals surface area contributed by atoms with E-state index in [1.165, 1.54) is 6.07 Å². The van der Waals surface area contributed by atoms with Gasteiger partial charge in [0.05, 0.1) is 17.7 Å². The van der Waals surface area contributed by atoms with E-state index in [1.807, 2.05) is 37.4 Å². The quantitative estimate of drug-likeness (QED) is 0.270. The molecular weight excluding hydrogens is 586 g/mol. The molecule has 1 fully saturated rings. The summed E-state index contributed by atoms with van der Waals surface area (Å²) in [4.78, 5) is 24.4. The van der Waals surface area contributed by atoms with Crippen molar-refractivity contribution < 1.29 is 17.9 Å². The lowest BCUT2D eigenvalue weighted by molar-refractivity contribution is -0.120. The first-order chi connectivity index (χ1) is 21.6. The van der Waals surface area contributed by atoms with Gasteiger partial charge in [-0.2, -0.15) is 0 Å². The number of sulfonamides is 1. The van der Waals surface area contributed by atoms with Crippen LogP contribution < -0.4 is 10.0 Å². The Balaban J connectivity index is 1.43. The summed E-state index contributed by atoms with van der Waals surface area (Å²) in [5.74, 6) is 1.10. The van der Waals surface area contributed by atoms with Gasteiger partial charge < -0.3 is 10.1 Å². The van der Waals surface area contributed by atoms with Crippen molar-refractivity contribution in [3.63, 3.8) is 0 Å². The molecule has 0 radical (unpaired) electrons. The van der Waals surface area contributed by atoms with Crippen molar-refractivity contribution in [1.82, 2.24) is 14.9 Å². The first-order valence-electron chi connectivity index (χ1n) is 15.8. The lowest BCUT2D eigenvalue weighted by Gasteiger charge is -2.40. The van der Waals surface area contributed by atoms with Crippen molar-refractivity contribution in [2.45, 2.75) is 77.4 Å². The molecule has 3 aliphatic rings. The van der Waals surface area contributed by atoms with Crippen LogP contribution in [-0.4, -0.2) is 44.2 Å². The highest BCUT2D eigenvalue weighted by molar-refractivity contribution is 7.90. The van der Waals surface area contributed by atoms with Crippen LogP contribution in [0.1, 0.15) is 65.4 Å². The van der Waals surface area contributed by atoms with E-state index in [4.69, 9.17) is 14.7 Å². The number of nitrogens with one attached hydrogen (secondary N) is 2. The molecule has 1 atom stereocenters. The van der Waals surface area contributed by atoms with E-state index in [-0.39, 0.29) is 16.7 Å². The Morgan fingerprint density at radius 2 is 1.87 bits per heavy atom. The number of aliphatic imine (C=N–C) groups is 2. The Kier molecular flexibility index (Phi) is 9.92. The van der Waals surface area contributed by atoms with E-state index in [0.29, 0.717) is 24.4 Å². The SMILES string of the molecule is C=C1C(Cc2ccc(-c3ccccc3S(=O)(=O)NC(=O)C3CC3)cc2)=C(CCCC)N=C(C(C)C)N1C1N=CC(OCC)=CN1. The number of amides is 1. The first kappa shape index (κ1) is 32.2. The molecule has 10 heteroatoms. The average molecular weight is 630 g/mol. The maximum atomic E-state index is 13.2.